The van der Waals surface area contributed by atoms with E-state index in [4.69, 9.17) is 4.98 Å². The maximum Gasteiger partial charge on any atom is 0.137 e. The van der Waals surface area contributed by atoms with Crippen molar-refractivity contribution in [1.82, 2.24) is 29.5 Å². The van der Waals surface area contributed by atoms with Crippen LogP contribution in [0, 0.1) is 6.92 Å². The van der Waals surface area contributed by atoms with Crippen LogP contribution in [0.5, 0.6) is 0 Å². The van der Waals surface area contributed by atoms with Crippen LogP contribution in [0.2, 0.25) is 0 Å². The van der Waals surface area contributed by atoms with Crippen molar-refractivity contribution >= 4 is 5.65 Å². The molecule has 0 amide bonds. The maximum absolute atomic E-state index is 4.94. The molecule has 0 unspecified atom stereocenters. The molecule has 1 aliphatic heterocycles. The molecule has 5 heterocycles. The Morgan fingerprint density at radius 2 is 1.89 bits per heavy atom. The smallest absolute Gasteiger partial charge is 0.137 e. The zero-order valence-corrected chi connectivity index (χ0v) is 16.2. The van der Waals surface area contributed by atoms with E-state index in [1.165, 1.54) is 12.0 Å². The van der Waals surface area contributed by atoms with Gasteiger partial charge < -0.3 is 5.32 Å². The Labute approximate surface area is 164 Å². The van der Waals surface area contributed by atoms with E-state index in [1.807, 2.05) is 36.3 Å². The van der Waals surface area contributed by atoms with Gasteiger partial charge in [-0.25, -0.2) is 4.98 Å². The number of nitrogens with one attached hydrogen (secondary N) is 1. The molecule has 2 atom stereocenters. The van der Waals surface area contributed by atoms with Crippen LogP contribution in [-0.2, 0) is 7.05 Å². The minimum Gasteiger partial charge on any atom is -0.300 e. The maximum atomic E-state index is 4.94. The Morgan fingerprint density at radius 3 is 2.71 bits per heavy atom. The van der Waals surface area contributed by atoms with Crippen LogP contribution < -0.4 is 5.32 Å². The molecule has 0 saturated carbocycles. The van der Waals surface area contributed by atoms with Gasteiger partial charge in [0.25, 0.3) is 0 Å². The zero-order chi connectivity index (χ0) is 19.1. The monoisotopic (exact) mass is 372 g/mol. The van der Waals surface area contributed by atoms with Crippen LogP contribution in [0.3, 0.4) is 0 Å². The van der Waals surface area contributed by atoms with E-state index in [0.29, 0.717) is 0 Å². The summed E-state index contributed by atoms with van der Waals surface area (Å²) < 4.78 is 4.07. The second kappa shape index (κ2) is 6.87. The highest BCUT2D eigenvalue weighted by atomic mass is 15.3. The van der Waals surface area contributed by atoms with Crippen LogP contribution in [0.25, 0.3) is 17.0 Å². The average Bonchev–Trinajstić information content (AvgIpc) is 3.34. The molecule has 0 aromatic carbocycles. The number of pyridine rings is 2. The molecule has 1 aliphatic rings. The lowest BCUT2D eigenvalue weighted by molar-refractivity contribution is 0.321. The van der Waals surface area contributed by atoms with Crippen molar-refractivity contribution < 1.29 is 0 Å². The van der Waals surface area contributed by atoms with Crippen molar-refractivity contribution in [3.05, 3.63) is 71.9 Å². The van der Waals surface area contributed by atoms with Gasteiger partial charge in [0.1, 0.15) is 5.65 Å². The lowest BCUT2D eigenvalue weighted by Crippen LogP contribution is -2.32. The summed E-state index contributed by atoms with van der Waals surface area (Å²) in [6.45, 7) is 2.14. The summed E-state index contributed by atoms with van der Waals surface area (Å²) >= 11 is 0. The minimum atomic E-state index is 0.236. The number of rotatable bonds is 3. The SMILES string of the molecule is Cc1cccnc1[C@@H]1CCC[C@H](c2cn3c(-c4ccnn4C)cccc3n2)N1. The molecule has 1 N–H and O–H groups in total. The molecule has 0 aliphatic carbocycles. The second-order valence-corrected chi connectivity index (χ2v) is 7.55. The summed E-state index contributed by atoms with van der Waals surface area (Å²) in [6, 6.07) is 12.9. The van der Waals surface area contributed by atoms with Crippen molar-refractivity contribution in [3.63, 3.8) is 0 Å². The van der Waals surface area contributed by atoms with Gasteiger partial charge in [-0.05, 0) is 56.0 Å². The summed E-state index contributed by atoms with van der Waals surface area (Å²) in [6.07, 6.45) is 9.26. The van der Waals surface area contributed by atoms with Gasteiger partial charge in [-0.15, -0.1) is 0 Å². The molecule has 6 heteroatoms. The Hall–Kier alpha value is -2.99. The van der Waals surface area contributed by atoms with Gasteiger partial charge in [0.2, 0.25) is 0 Å². The molecular formula is C22H24N6. The fourth-order valence-electron chi connectivity index (χ4n) is 4.28. The third-order valence-corrected chi connectivity index (χ3v) is 5.72. The van der Waals surface area contributed by atoms with Crippen molar-refractivity contribution in [3.8, 4) is 11.4 Å². The summed E-state index contributed by atoms with van der Waals surface area (Å²) in [5, 5.41) is 8.11. The molecule has 142 valence electrons. The zero-order valence-electron chi connectivity index (χ0n) is 16.2. The third-order valence-electron chi connectivity index (χ3n) is 5.72. The van der Waals surface area contributed by atoms with E-state index in [9.17, 15) is 0 Å². The van der Waals surface area contributed by atoms with E-state index < -0.39 is 0 Å². The molecule has 4 aromatic heterocycles. The van der Waals surface area contributed by atoms with E-state index in [1.54, 1.807) is 0 Å². The van der Waals surface area contributed by atoms with Crippen LogP contribution in [-0.4, -0.2) is 24.1 Å². The molecule has 5 rings (SSSR count). The fraction of sp³-hybridized carbons (Fsp3) is 0.318. The highest BCUT2D eigenvalue weighted by Crippen LogP contribution is 2.33. The van der Waals surface area contributed by atoms with Crippen LogP contribution in [0.15, 0.2) is 55.0 Å². The lowest BCUT2D eigenvalue weighted by Gasteiger charge is -2.30. The highest BCUT2D eigenvalue weighted by Gasteiger charge is 2.27. The molecule has 0 radical (unpaired) electrons. The van der Waals surface area contributed by atoms with Gasteiger partial charge in [-0.2, -0.15) is 5.10 Å². The van der Waals surface area contributed by atoms with Gasteiger partial charge >= 0.3 is 0 Å². The summed E-state index contributed by atoms with van der Waals surface area (Å²) in [4.78, 5) is 9.57. The standard InChI is InChI=1S/C22H24N6/c1-15-6-5-12-23-22(15)17-8-3-7-16(25-17)18-14-28-20(9-4-10-21(28)26-18)19-11-13-24-27(19)2/h4-6,9-14,16-17,25H,3,7-8H2,1-2H3/t16-,17+/m1/s1. The largest absolute Gasteiger partial charge is 0.300 e. The molecule has 0 spiro atoms. The molecular weight excluding hydrogens is 348 g/mol. The summed E-state index contributed by atoms with van der Waals surface area (Å²) in [5.41, 5.74) is 6.64. The van der Waals surface area contributed by atoms with Gasteiger partial charge in [0, 0.05) is 25.6 Å². The van der Waals surface area contributed by atoms with Gasteiger partial charge in [0.15, 0.2) is 0 Å². The number of aromatic nitrogens is 5. The number of hydrogen-bond donors (Lipinski definition) is 1. The summed E-state index contributed by atoms with van der Waals surface area (Å²) in [5.74, 6) is 0. The number of imidazole rings is 1. The Bertz CT molecular complexity index is 1120. The van der Waals surface area contributed by atoms with Crippen molar-refractivity contribution in [2.45, 2.75) is 38.3 Å². The van der Waals surface area contributed by atoms with Crippen molar-refractivity contribution in [2.24, 2.45) is 7.05 Å². The number of aryl methyl sites for hydroxylation is 2. The first-order valence-electron chi connectivity index (χ1n) is 9.84. The Balaban J connectivity index is 1.50. The average molecular weight is 372 g/mol. The van der Waals surface area contributed by atoms with Crippen LogP contribution >= 0.6 is 0 Å². The molecule has 0 bridgehead atoms. The number of hydrogen-bond acceptors (Lipinski definition) is 4. The van der Waals surface area contributed by atoms with Crippen molar-refractivity contribution in [1.29, 1.82) is 0 Å². The van der Waals surface area contributed by atoms with Crippen LogP contribution in [0.4, 0.5) is 0 Å². The van der Waals surface area contributed by atoms with Gasteiger partial charge in [-0.3, -0.25) is 14.1 Å². The lowest BCUT2D eigenvalue weighted by atomic mass is 9.93. The Morgan fingerprint density at radius 1 is 1.00 bits per heavy atom. The molecule has 4 aromatic rings. The molecule has 1 fully saturated rings. The quantitative estimate of drug-likeness (QED) is 0.591. The van der Waals surface area contributed by atoms with E-state index in [0.717, 1.165) is 41.3 Å². The first-order chi connectivity index (χ1) is 13.7. The van der Waals surface area contributed by atoms with Crippen molar-refractivity contribution in [2.75, 3.05) is 0 Å². The third kappa shape index (κ3) is 2.90. The predicted molar refractivity (Wildman–Crippen MR) is 109 cm³/mol. The second-order valence-electron chi connectivity index (χ2n) is 7.55. The van der Waals surface area contributed by atoms with Crippen LogP contribution in [0.1, 0.15) is 48.3 Å². The molecule has 6 nitrogen and oxygen atoms in total. The van der Waals surface area contributed by atoms with E-state index in [2.05, 4.69) is 57.2 Å². The fourth-order valence-corrected chi connectivity index (χ4v) is 4.28. The topological polar surface area (TPSA) is 60.0 Å². The number of piperidine rings is 1. The number of fused-ring (bicyclic) bond motifs is 1. The van der Waals surface area contributed by atoms with Gasteiger partial charge in [-0.1, -0.05) is 12.1 Å². The van der Waals surface area contributed by atoms with E-state index >= 15 is 0 Å². The molecule has 1 saturated heterocycles. The molecule has 28 heavy (non-hydrogen) atoms. The normalized spacial score (nSPS) is 19.9. The summed E-state index contributed by atoms with van der Waals surface area (Å²) in [7, 11) is 1.97. The minimum absolute atomic E-state index is 0.236. The van der Waals surface area contributed by atoms with E-state index in [-0.39, 0.29) is 12.1 Å². The Kier molecular flexibility index (Phi) is 4.20. The van der Waals surface area contributed by atoms with Gasteiger partial charge in [0.05, 0.1) is 34.9 Å². The first kappa shape index (κ1) is 17.1. The highest BCUT2D eigenvalue weighted by molar-refractivity contribution is 5.60. The predicted octanol–water partition coefficient (Wildman–Crippen LogP) is 3.99. The number of nitrogens with zero attached hydrogens (tertiary/aromatic N) is 5. The first-order valence-corrected chi connectivity index (χ1v) is 9.84.